The number of carbonyl (C=O) groups excluding carboxylic acids is 1. The molecule has 0 bridgehead atoms. The van der Waals surface area contributed by atoms with Crippen LogP contribution >= 0.6 is 0 Å². The van der Waals surface area contributed by atoms with Gasteiger partial charge < -0.3 is 16.6 Å². The summed E-state index contributed by atoms with van der Waals surface area (Å²) in [5.41, 5.74) is 12.2. The maximum atomic E-state index is 15.0. The third kappa shape index (κ3) is 3.32. The van der Waals surface area contributed by atoms with Gasteiger partial charge in [0, 0.05) is 28.3 Å². The molecule has 0 saturated heterocycles. The fraction of sp³-hybridized carbons (Fsp3) is 0.208. The lowest BCUT2D eigenvalue weighted by Gasteiger charge is -2.41. The van der Waals surface area contributed by atoms with Crippen LogP contribution in [-0.4, -0.2) is 31.4 Å². The highest BCUT2D eigenvalue weighted by Crippen LogP contribution is 2.45. The van der Waals surface area contributed by atoms with Crippen LogP contribution in [0.25, 0.3) is 33.3 Å². The lowest BCUT2D eigenvalue weighted by molar-refractivity contribution is -0.0535. The van der Waals surface area contributed by atoms with E-state index in [0.29, 0.717) is 29.3 Å². The standard InChI is InChI=1S/C24H21F2N5O2/c1-24(33)10-13(11-24)31-22(27)18(23(28)32)21(30-31)15-8-7-12-4-3-9-29-20(12)17(15)14-5-2-6-16(25)19(14)26/h2-9,13,33H,10-11,27H2,1H3,(H2,28,32). The number of aliphatic hydroxyl groups is 1. The van der Waals surface area contributed by atoms with E-state index in [2.05, 4.69) is 10.1 Å². The van der Waals surface area contributed by atoms with E-state index >= 15 is 0 Å². The van der Waals surface area contributed by atoms with Gasteiger partial charge in [-0.1, -0.05) is 30.3 Å². The van der Waals surface area contributed by atoms with Crippen LogP contribution < -0.4 is 11.5 Å². The van der Waals surface area contributed by atoms with Crippen molar-refractivity contribution in [3.63, 3.8) is 0 Å². The second-order valence-electron chi connectivity index (χ2n) is 8.64. The predicted molar refractivity (Wildman–Crippen MR) is 120 cm³/mol. The average molecular weight is 449 g/mol. The smallest absolute Gasteiger partial charge is 0.254 e. The molecular formula is C24H21F2N5O2. The molecule has 1 aliphatic rings. The van der Waals surface area contributed by atoms with Gasteiger partial charge in [0.05, 0.1) is 17.2 Å². The van der Waals surface area contributed by atoms with Gasteiger partial charge in [-0.2, -0.15) is 5.10 Å². The minimum absolute atomic E-state index is 0.0186. The Labute approximate surface area is 187 Å². The first-order chi connectivity index (χ1) is 15.7. The van der Waals surface area contributed by atoms with Crippen molar-refractivity contribution >= 4 is 22.6 Å². The normalized spacial score (nSPS) is 20.1. The van der Waals surface area contributed by atoms with E-state index in [-0.39, 0.29) is 34.2 Å². The van der Waals surface area contributed by atoms with Crippen LogP contribution in [0.1, 0.15) is 36.2 Å². The number of pyridine rings is 1. The van der Waals surface area contributed by atoms with Crippen molar-refractivity contribution in [3.05, 3.63) is 65.9 Å². The Morgan fingerprint density at radius 2 is 1.91 bits per heavy atom. The molecule has 1 fully saturated rings. The van der Waals surface area contributed by atoms with E-state index in [1.165, 1.54) is 16.8 Å². The van der Waals surface area contributed by atoms with Crippen molar-refractivity contribution in [2.75, 3.05) is 5.73 Å². The Bertz CT molecular complexity index is 1420. The number of rotatable bonds is 4. The van der Waals surface area contributed by atoms with Gasteiger partial charge >= 0.3 is 0 Å². The Hall–Kier alpha value is -3.85. The molecule has 5 N–H and O–H groups in total. The van der Waals surface area contributed by atoms with Crippen molar-refractivity contribution in [1.82, 2.24) is 14.8 Å². The van der Waals surface area contributed by atoms with Crippen LogP contribution in [0.15, 0.2) is 48.7 Å². The molecule has 0 radical (unpaired) electrons. The van der Waals surface area contributed by atoms with Crippen LogP contribution in [0.3, 0.4) is 0 Å². The number of hydrogen-bond acceptors (Lipinski definition) is 5. The molecule has 0 atom stereocenters. The summed E-state index contributed by atoms with van der Waals surface area (Å²) in [6.45, 7) is 1.71. The predicted octanol–water partition coefficient (Wildman–Crippen LogP) is 3.81. The Kier molecular flexibility index (Phi) is 4.68. The number of benzene rings is 2. The number of nitrogen functional groups attached to an aromatic ring is 1. The molecule has 4 aromatic rings. The number of nitrogens with zero attached hydrogens (tertiary/aromatic N) is 3. The van der Waals surface area contributed by atoms with Gasteiger partial charge in [0.2, 0.25) is 0 Å². The number of aromatic nitrogens is 3. The summed E-state index contributed by atoms with van der Waals surface area (Å²) >= 11 is 0. The Balaban J connectivity index is 1.81. The third-order valence-electron chi connectivity index (χ3n) is 6.14. The zero-order valence-corrected chi connectivity index (χ0v) is 17.7. The molecule has 168 valence electrons. The molecule has 7 nitrogen and oxygen atoms in total. The molecular weight excluding hydrogens is 428 g/mol. The summed E-state index contributed by atoms with van der Waals surface area (Å²) < 4.78 is 30.6. The zero-order chi connectivity index (χ0) is 23.5. The van der Waals surface area contributed by atoms with Crippen LogP contribution in [0, 0.1) is 11.6 Å². The number of halogens is 2. The van der Waals surface area contributed by atoms with Gasteiger partial charge in [0.15, 0.2) is 11.6 Å². The minimum atomic E-state index is -1.04. The first-order valence-corrected chi connectivity index (χ1v) is 10.4. The second-order valence-corrected chi connectivity index (χ2v) is 8.64. The summed E-state index contributed by atoms with van der Waals surface area (Å²) in [4.78, 5) is 16.8. The van der Waals surface area contributed by atoms with Crippen molar-refractivity contribution < 1.29 is 18.7 Å². The largest absolute Gasteiger partial charge is 0.390 e. The molecule has 2 aromatic heterocycles. The first-order valence-electron chi connectivity index (χ1n) is 10.4. The molecule has 9 heteroatoms. The summed E-state index contributed by atoms with van der Waals surface area (Å²) in [5.74, 6) is -2.79. The molecule has 0 aliphatic heterocycles. The lowest BCUT2D eigenvalue weighted by atomic mass is 9.77. The van der Waals surface area contributed by atoms with E-state index < -0.39 is 23.1 Å². The highest BCUT2D eigenvalue weighted by molar-refractivity contribution is 6.08. The second kappa shape index (κ2) is 7.35. The number of amides is 1. The molecule has 0 spiro atoms. The molecule has 2 aromatic carbocycles. The van der Waals surface area contributed by atoms with Gasteiger partial charge in [-0.15, -0.1) is 0 Å². The highest BCUT2D eigenvalue weighted by atomic mass is 19.2. The van der Waals surface area contributed by atoms with Crippen LogP contribution in [-0.2, 0) is 0 Å². The molecule has 0 unspecified atom stereocenters. The summed E-state index contributed by atoms with van der Waals surface area (Å²) in [5, 5.41) is 15.4. The molecule has 33 heavy (non-hydrogen) atoms. The Morgan fingerprint density at radius 1 is 1.15 bits per heavy atom. The highest BCUT2D eigenvalue weighted by Gasteiger charge is 2.42. The van der Waals surface area contributed by atoms with Crippen molar-refractivity contribution in [3.8, 4) is 22.4 Å². The van der Waals surface area contributed by atoms with Crippen LogP contribution in [0.2, 0.25) is 0 Å². The molecule has 1 amide bonds. The molecule has 2 heterocycles. The fourth-order valence-corrected chi connectivity index (χ4v) is 4.60. The SMILES string of the molecule is CC1(O)CC(n2nc(-c3ccc4cccnc4c3-c3cccc(F)c3F)c(C(N)=O)c2N)C1. The Morgan fingerprint density at radius 3 is 2.61 bits per heavy atom. The van der Waals surface area contributed by atoms with E-state index in [1.54, 1.807) is 37.4 Å². The van der Waals surface area contributed by atoms with E-state index in [1.807, 2.05) is 0 Å². The van der Waals surface area contributed by atoms with E-state index in [9.17, 15) is 18.7 Å². The summed E-state index contributed by atoms with van der Waals surface area (Å²) in [6.07, 6.45) is 2.35. The zero-order valence-electron chi connectivity index (χ0n) is 17.7. The molecule has 1 aliphatic carbocycles. The van der Waals surface area contributed by atoms with Gasteiger partial charge in [0.1, 0.15) is 17.1 Å². The number of hydrogen-bond donors (Lipinski definition) is 3. The average Bonchev–Trinajstić information content (AvgIpc) is 3.10. The van der Waals surface area contributed by atoms with Crippen molar-refractivity contribution in [2.45, 2.75) is 31.4 Å². The summed E-state index contributed by atoms with van der Waals surface area (Å²) in [7, 11) is 0. The minimum Gasteiger partial charge on any atom is -0.390 e. The summed E-state index contributed by atoms with van der Waals surface area (Å²) in [6, 6.07) is 10.6. The van der Waals surface area contributed by atoms with Crippen LogP contribution in [0.5, 0.6) is 0 Å². The number of anilines is 1. The number of fused-ring (bicyclic) bond motifs is 1. The molecule has 5 rings (SSSR count). The van der Waals surface area contributed by atoms with Crippen LogP contribution in [0.4, 0.5) is 14.6 Å². The van der Waals surface area contributed by atoms with E-state index in [0.717, 1.165) is 6.07 Å². The van der Waals surface area contributed by atoms with E-state index in [4.69, 9.17) is 11.5 Å². The van der Waals surface area contributed by atoms with Gasteiger partial charge in [-0.3, -0.25) is 9.78 Å². The van der Waals surface area contributed by atoms with Gasteiger partial charge in [-0.05, 0) is 31.9 Å². The molecule has 1 saturated carbocycles. The quantitative estimate of drug-likeness (QED) is 0.438. The van der Waals surface area contributed by atoms with Gasteiger partial charge in [0.25, 0.3) is 5.91 Å². The topological polar surface area (TPSA) is 120 Å². The fourth-order valence-electron chi connectivity index (χ4n) is 4.60. The maximum absolute atomic E-state index is 15.0. The number of carbonyl (C=O) groups is 1. The monoisotopic (exact) mass is 449 g/mol. The first kappa shape index (κ1) is 21.0. The van der Waals surface area contributed by atoms with Crippen molar-refractivity contribution in [1.29, 1.82) is 0 Å². The van der Waals surface area contributed by atoms with Gasteiger partial charge in [-0.25, -0.2) is 13.5 Å². The number of primary amides is 1. The third-order valence-corrected chi connectivity index (χ3v) is 6.14. The lowest BCUT2D eigenvalue weighted by Crippen LogP contribution is -2.42. The maximum Gasteiger partial charge on any atom is 0.254 e. The van der Waals surface area contributed by atoms with Crippen molar-refractivity contribution in [2.24, 2.45) is 5.73 Å². The number of nitrogens with two attached hydrogens (primary N) is 2.